The van der Waals surface area contributed by atoms with Gasteiger partial charge in [0.1, 0.15) is 0 Å². The average molecular weight is 274 g/mol. The van der Waals surface area contributed by atoms with Crippen LogP contribution in [0.1, 0.15) is 51.6 Å². The Morgan fingerprint density at radius 3 is 2.40 bits per heavy atom. The molecule has 2 rings (SSSR count). The fraction of sp³-hybridized carbons (Fsp3) is 0.667. The molecule has 0 aliphatic heterocycles. The zero-order valence-electron chi connectivity index (χ0n) is 13.5. The summed E-state index contributed by atoms with van der Waals surface area (Å²) in [4.78, 5) is 2.49. The maximum Gasteiger partial charge on any atom is 0.0325 e. The van der Waals surface area contributed by atoms with Gasteiger partial charge in [-0.25, -0.2) is 0 Å². The van der Waals surface area contributed by atoms with Gasteiger partial charge < -0.3 is 10.2 Å². The van der Waals surface area contributed by atoms with Gasteiger partial charge in [0.2, 0.25) is 0 Å². The molecule has 0 bridgehead atoms. The lowest BCUT2D eigenvalue weighted by atomic mass is 9.85. The summed E-state index contributed by atoms with van der Waals surface area (Å²) in [6.07, 6.45) is 3.95. The topological polar surface area (TPSA) is 15.3 Å². The fourth-order valence-electron chi connectivity index (χ4n) is 2.72. The first-order valence-corrected chi connectivity index (χ1v) is 7.94. The molecule has 2 heteroatoms. The second-order valence-electron chi connectivity index (χ2n) is 7.39. The summed E-state index contributed by atoms with van der Waals surface area (Å²) in [5.74, 6) is 0. The zero-order valence-corrected chi connectivity index (χ0v) is 13.5. The SMILES string of the molecule is CN(CCNC(CC(C)(C)C)c1ccccc1)C1CC1. The van der Waals surface area contributed by atoms with E-state index in [1.807, 2.05) is 0 Å². The quantitative estimate of drug-likeness (QED) is 0.812. The molecule has 1 unspecified atom stereocenters. The molecule has 20 heavy (non-hydrogen) atoms. The Morgan fingerprint density at radius 1 is 1.20 bits per heavy atom. The largest absolute Gasteiger partial charge is 0.309 e. The van der Waals surface area contributed by atoms with Gasteiger partial charge in [-0.3, -0.25) is 0 Å². The van der Waals surface area contributed by atoms with Gasteiger partial charge in [0.25, 0.3) is 0 Å². The molecular weight excluding hydrogens is 244 g/mol. The Morgan fingerprint density at radius 2 is 1.85 bits per heavy atom. The van der Waals surface area contributed by atoms with Crippen LogP contribution < -0.4 is 5.32 Å². The van der Waals surface area contributed by atoms with E-state index in [0.717, 1.165) is 19.1 Å². The lowest BCUT2D eigenvalue weighted by molar-refractivity contribution is 0.282. The highest BCUT2D eigenvalue weighted by Gasteiger charge is 2.26. The van der Waals surface area contributed by atoms with E-state index in [2.05, 4.69) is 68.4 Å². The lowest BCUT2D eigenvalue weighted by Gasteiger charge is -2.28. The molecule has 1 atom stereocenters. The van der Waals surface area contributed by atoms with E-state index in [-0.39, 0.29) is 0 Å². The molecule has 0 aromatic heterocycles. The number of hydrogen-bond acceptors (Lipinski definition) is 2. The second kappa shape index (κ2) is 6.73. The van der Waals surface area contributed by atoms with Crippen LogP contribution in [0.4, 0.5) is 0 Å². The summed E-state index contributed by atoms with van der Waals surface area (Å²) in [5.41, 5.74) is 1.76. The number of rotatable bonds is 7. The van der Waals surface area contributed by atoms with Crippen molar-refractivity contribution in [2.45, 2.75) is 52.1 Å². The van der Waals surface area contributed by atoms with Gasteiger partial charge in [-0.2, -0.15) is 0 Å². The van der Waals surface area contributed by atoms with Crippen molar-refractivity contribution >= 4 is 0 Å². The molecule has 1 aromatic rings. The number of nitrogens with zero attached hydrogens (tertiary/aromatic N) is 1. The fourth-order valence-corrected chi connectivity index (χ4v) is 2.72. The molecule has 0 heterocycles. The van der Waals surface area contributed by atoms with Gasteiger partial charge in [0.05, 0.1) is 0 Å². The van der Waals surface area contributed by atoms with Crippen LogP contribution in [0.15, 0.2) is 30.3 Å². The van der Waals surface area contributed by atoms with Crippen LogP contribution in [0.2, 0.25) is 0 Å². The van der Waals surface area contributed by atoms with Crippen molar-refractivity contribution in [2.24, 2.45) is 5.41 Å². The third-order valence-electron chi connectivity index (χ3n) is 4.04. The highest BCUT2D eigenvalue weighted by atomic mass is 15.2. The minimum atomic E-state index is 0.343. The highest BCUT2D eigenvalue weighted by Crippen LogP contribution is 2.29. The van der Waals surface area contributed by atoms with Gasteiger partial charge >= 0.3 is 0 Å². The third-order valence-corrected chi connectivity index (χ3v) is 4.04. The van der Waals surface area contributed by atoms with Crippen LogP contribution in [-0.4, -0.2) is 31.1 Å². The minimum Gasteiger partial charge on any atom is -0.309 e. The summed E-state index contributed by atoms with van der Waals surface area (Å²) in [5, 5.41) is 3.76. The first kappa shape index (κ1) is 15.5. The van der Waals surface area contributed by atoms with E-state index in [1.54, 1.807) is 0 Å². The summed E-state index contributed by atoms with van der Waals surface area (Å²) in [6.45, 7) is 9.18. The molecule has 0 saturated heterocycles. The van der Waals surface area contributed by atoms with Crippen LogP contribution in [0.3, 0.4) is 0 Å². The Labute approximate surface area is 124 Å². The summed E-state index contributed by atoms with van der Waals surface area (Å²) in [7, 11) is 2.25. The minimum absolute atomic E-state index is 0.343. The maximum atomic E-state index is 3.76. The van der Waals surface area contributed by atoms with Gasteiger partial charge in [0.15, 0.2) is 0 Å². The molecule has 0 radical (unpaired) electrons. The zero-order chi connectivity index (χ0) is 14.6. The second-order valence-corrected chi connectivity index (χ2v) is 7.39. The molecule has 1 aromatic carbocycles. The number of hydrogen-bond donors (Lipinski definition) is 1. The molecule has 1 fully saturated rings. The first-order valence-electron chi connectivity index (χ1n) is 7.94. The Balaban J connectivity index is 1.88. The molecule has 1 N–H and O–H groups in total. The molecule has 112 valence electrons. The Kier molecular flexibility index (Phi) is 5.22. The molecule has 0 spiro atoms. The van der Waals surface area contributed by atoms with Crippen molar-refractivity contribution in [2.75, 3.05) is 20.1 Å². The molecule has 0 amide bonds. The van der Waals surface area contributed by atoms with E-state index >= 15 is 0 Å². The Hall–Kier alpha value is -0.860. The van der Waals surface area contributed by atoms with Crippen LogP contribution >= 0.6 is 0 Å². The normalized spacial score (nSPS) is 17.4. The van der Waals surface area contributed by atoms with Crippen LogP contribution in [0.25, 0.3) is 0 Å². The van der Waals surface area contributed by atoms with E-state index in [9.17, 15) is 0 Å². The summed E-state index contributed by atoms with van der Waals surface area (Å²) < 4.78 is 0. The Bertz CT molecular complexity index is 390. The van der Waals surface area contributed by atoms with Crippen LogP contribution in [-0.2, 0) is 0 Å². The smallest absolute Gasteiger partial charge is 0.0325 e. The van der Waals surface area contributed by atoms with Crippen molar-refractivity contribution in [3.8, 4) is 0 Å². The predicted molar refractivity (Wildman–Crippen MR) is 86.9 cm³/mol. The monoisotopic (exact) mass is 274 g/mol. The van der Waals surface area contributed by atoms with E-state index in [4.69, 9.17) is 0 Å². The van der Waals surface area contributed by atoms with Gasteiger partial charge in [-0.05, 0) is 37.3 Å². The van der Waals surface area contributed by atoms with Crippen LogP contribution in [0.5, 0.6) is 0 Å². The van der Waals surface area contributed by atoms with Crippen molar-refractivity contribution in [1.82, 2.24) is 10.2 Å². The van der Waals surface area contributed by atoms with Gasteiger partial charge in [-0.15, -0.1) is 0 Å². The first-order chi connectivity index (χ1) is 9.46. The summed E-state index contributed by atoms with van der Waals surface area (Å²) >= 11 is 0. The molecule has 1 aliphatic carbocycles. The standard InChI is InChI=1S/C18H30N2/c1-18(2,3)14-17(15-8-6-5-7-9-15)19-12-13-20(4)16-10-11-16/h5-9,16-17,19H,10-14H2,1-4H3. The summed E-state index contributed by atoms with van der Waals surface area (Å²) in [6, 6.07) is 12.2. The van der Waals surface area contributed by atoms with E-state index < -0.39 is 0 Å². The maximum absolute atomic E-state index is 3.76. The number of nitrogens with one attached hydrogen (secondary N) is 1. The van der Waals surface area contributed by atoms with Crippen molar-refractivity contribution in [1.29, 1.82) is 0 Å². The number of likely N-dealkylation sites (N-methyl/N-ethyl adjacent to an activating group) is 1. The van der Waals surface area contributed by atoms with E-state index in [1.165, 1.54) is 24.8 Å². The van der Waals surface area contributed by atoms with Crippen molar-refractivity contribution in [3.63, 3.8) is 0 Å². The lowest BCUT2D eigenvalue weighted by Crippen LogP contribution is -2.34. The van der Waals surface area contributed by atoms with Crippen molar-refractivity contribution in [3.05, 3.63) is 35.9 Å². The van der Waals surface area contributed by atoms with Crippen LogP contribution in [0, 0.1) is 5.41 Å². The third kappa shape index (κ3) is 5.26. The molecule has 1 saturated carbocycles. The molecule has 1 aliphatic rings. The predicted octanol–water partition coefficient (Wildman–Crippen LogP) is 3.85. The van der Waals surface area contributed by atoms with Gasteiger partial charge in [-0.1, -0.05) is 51.1 Å². The highest BCUT2D eigenvalue weighted by molar-refractivity contribution is 5.19. The number of benzene rings is 1. The molecule has 2 nitrogen and oxygen atoms in total. The average Bonchev–Trinajstić information content (AvgIpc) is 3.21. The molecular formula is C18H30N2. The van der Waals surface area contributed by atoms with Gasteiger partial charge in [0, 0.05) is 25.2 Å². The van der Waals surface area contributed by atoms with Crippen molar-refractivity contribution < 1.29 is 0 Å². The van der Waals surface area contributed by atoms with E-state index in [0.29, 0.717) is 11.5 Å².